The lowest BCUT2D eigenvalue weighted by Gasteiger charge is -2.36. The number of halogens is 4. The van der Waals surface area contributed by atoms with Crippen LogP contribution in [0.3, 0.4) is 0 Å². The summed E-state index contributed by atoms with van der Waals surface area (Å²) in [5.74, 6) is -8.03. The third-order valence-electron chi connectivity index (χ3n) is 6.15. The summed E-state index contributed by atoms with van der Waals surface area (Å²) < 4.78 is 60.1. The van der Waals surface area contributed by atoms with E-state index in [1.165, 1.54) is 16.4 Å². The highest BCUT2D eigenvalue weighted by Gasteiger charge is 2.62. The van der Waals surface area contributed by atoms with E-state index in [0.717, 1.165) is 4.57 Å². The van der Waals surface area contributed by atoms with Crippen molar-refractivity contribution in [2.45, 2.75) is 36.8 Å². The van der Waals surface area contributed by atoms with Crippen LogP contribution in [0.1, 0.15) is 35.8 Å². The van der Waals surface area contributed by atoms with Crippen molar-refractivity contribution >= 4 is 0 Å². The molecule has 2 bridgehead atoms. The number of rotatable bonds is 0. The fourth-order valence-electron chi connectivity index (χ4n) is 5.20. The van der Waals surface area contributed by atoms with Gasteiger partial charge in [0.25, 0.3) is 0 Å². The molecule has 1 aromatic heterocycles. The minimum Gasteiger partial charge on any atom is -0.246 e. The van der Waals surface area contributed by atoms with E-state index in [4.69, 9.17) is 0 Å². The van der Waals surface area contributed by atoms with Gasteiger partial charge in [-0.2, -0.15) is 0 Å². The van der Waals surface area contributed by atoms with Crippen LogP contribution in [0.25, 0.3) is 0 Å². The zero-order chi connectivity index (χ0) is 18.5. The highest BCUT2D eigenvalue weighted by atomic mass is 19.2. The summed E-state index contributed by atoms with van der Waals surface area (Å²) >= 11 is 0. The van der Waals surface area contributed by atoms with Crippen LogP contribution >= 0.6 is 0 Å². The van der Waals surface area contributed by atoms with Crippen molar-refractivity contribution in [2.24, 2.45) is 7.05 Å². The number of hydrogen-bond donors (Lipinski definition) is 0. The second-order valence-corrected chi connectivity index (χ2v) is 7.07. The molecule has 1 aromatic carbocycles. The Morgan fingerprint density at radius 1 is 0.923 bits per heavy atom. The molecule has 9 heteroatoms. The van der Waals surface area contributed by atoms with Gasteiger partial charge < -0.3 is 0 Å². The molecule has 1 unspecified atom stereocenters. The van der Waals surface area contributed by atoms with Gasteiger partial charge in [-0.3, -0.25) is 0 Å². The van der Waals surface area contributed by atoms with Gasteiger partial charge in [0.15, 0.2) is 23.3 Å². The van der Waals surface area contributed by atoms with Crippen molar-refractivity contribution < 1.29 is 17.6 Å². The van der Waals surface area contributed by atoms with Crippen LogP contribution in [-0.2, 0) is 19.1 Å². The van der Waals surface area contributed by atoms with E-state index in [1.54, 1.807) is 12.2 Å². The summed E-state index contributed by atoms with van der Waals surface area (Å²) in [7, 11) is 1.32. The second kappa shape index (κ2) is 4.57. The van der Waals surface area contributed by atoms with Gasteiger partial charge in [0, 0.05) is 30.0 Å². The molecule has 2 aromatic rings. The van der Waals surface area contributed by atoms with Crippen LogP contribution in [-0.4, -0.2) is 13.9 Å². The summed E-state index contributed by atoms with van der Waals surface area (Å²) in [6.07, 6.45) is 4.06. The molecule has 3 aliphatic rings. The van der Waals surface area contributed by atoms with Crippen LogP contribution < -0.4 is 11.4 Å². The summed E-state index contributed by atoms with van der Waals surface area (Å²) in [5.41, 5.74) is -2.85. The standard InChI is InChI=1S/C17H13F4N3O2/c1-22-15(25)23-6-2-5-17(24(23)16(22)26)7-3-4-8(17)10-9(7)11(18)13(20)14(21)12(10)19/h2,5,7-8H,3-4,6H2,1H3/t7-,8+,17?. The van der Waals surface area contributed by atoms with E-state index < -0.39 is 52.0 Å². The summed E-state index contributed by atoms with van der Waals surface area (Å²) in [4.78, 5) is 25.0. The largest absolute Gasteiger partial charge is 0.347 e. The normalized spacial score (nSPS) is 28.0. The number of allylic oxidation sites excluding steroid dienone is 2. The van der Waals surface area contributed by atoms with Gasteiger partial charge in [-0.25, -0.2) is 41.1 Å². The first-order valence-electron chi connectivity index (χ1n) is 8.25. The molecule has 0 N–H and O–H groups in total. The van der Waals surface area contributed by atoms with Crippen LogP contribution in [0.4, 0.5) is 17.6 Å². The van der Waals surface area contributed by atoms with E-state index in [2.05, 4.69) is 0 Å². The van der Waals surface area contributed by atoms with Gasteiger partial charge in [-0.05, 0) is 12.8 Å². The van der Waals surface area contributed by atoms with Gasteiger partial charge >= 0.3 is 11.4 Å². The number of benzene rings is 1. The Hall–Kier alpha value is -2.58. The molecule has 1 aliphatic heterocycles. The van der Waals surface area contributed by atoms with Crippen LogP contribution in [0.5, 0.6) is 0 Å². The molecular weight excluding hydrogens is 354 g/mol. The Bertz CT molecular complexity index is 1100. The van der Waals surface area contributed by atoms with Gasteiger partial charge in [0.05, 0.1) is 12.1 Å². The SMILES string of the molecule is Cn1c(=O)n2n(c1=O)C1(C=CC2)[C@@H]2CC[C@H]1c1c(F)c(F)c(F)c(F)c12. The fourth-order valence-corrected chi connectivity index (χ4v) is 5.20. The van der Waals surface area contributed by atoms with E-state index in [9.17, 15) is 27.2 Å². The second-order valence-electron chi connectivity index (χ2n) is 7.07. The topological polar surface area (TPSA) is 48.9 Å². The number of aromatic nitrogens is 3. The Morgan fingerprint density at radius 3 is 2.00 bits per heavy atom. The lowest BCUT2D eigenvalue weighted by Crippen LogP contribution is -2.48. The predicted octanol–water partition coefficient (Wildman–Crippen LogP) is 1.84. The summed E-state index contributed by atoms with van der Waals surface area (Å²) in [6, 6.07) is 0. The molecular formula is C17H13F4N3O2. The molecule has 5 rings (SSSR count). The summed E-state index contributed by atoms with van der Waals surface area (Å²) in [5, 5.41) is 0. The number of hydrogen-bond acceptors (Lipinski definition) is 2. The highest BCUT2D eigenvalue weighted by molar-refractivity contribution is 5.51. The Labute approximate surface area is 143 Å². The lowest BCUT2D eigenvalue weighted by atomic mass is 9.84. The van der Waals surface area contributed by atoms with Crippen molar-refractivity contribution in [3.63, 3.8) is 0 Å². The molecule has 2 aliphatic carbocycles. The highest BCUT2D eigenvalue weighted by Crippen LogP contribution is 2.65. The average Bonchev–Trinajstić information content (AvgIpc) is 3.20. The zero-order valence-corrected chi connectivity index (χ0v) is 13.6. The van der Waals surface area contributed by atoms with Crippen molar-refractivity contribution in [3.8, 4) is 0 Å². The molecule has 3 atom stereocenters. The maximum Gasteiger partial charge on any atom is 0.347 e. The van der Waals surface area contributed by atoms with E-state index in [1.807, 2.05) is 0 Å². The van der Waals surface area contributed by atoms with Gasteiger partial charge in [0.2, 0.25) is 0 Å². The minimum absolute atomic E-state index is 0.139. The molecule has 2 heterocycles. The molecule has 5 nitrogen and oxygen atoms in total. The number of nitrogens with zero attached hydrogens (tertiary/aromatic N) is 3. The maximum absolute atomic E-state index is 14.5. The van der Waals surface area contributed by atoms with Crippen LogP contribution in [0.2, 0.25) is 0 Å². The molecule has 26 heavy (non-hydrogen) atoms. The minimum atomic E-state index is -1.85. The molecule has 0 saturated heterocycles. The maximum atomic E-state index is 14.5. The quantitative estimate of drug-likeness (QED) is 0.309. The monoisotopic (exact) mass is 367 g/mol. The lowest BCUT2D eigenvalue weighted by molar-refractivity contribution is 0.232. The molecule has 0 amide bonds. The Balaban J connectivity index is 1.90. The first kappa shape index (κ1) is 15.7. The predicted molar refractivity (Wildman–Crippen MR) is 82.0 cm³/mol. The van der Waals surface area contributed by atoms with Crippen molar-refractivity contribution in [1.29, 1.82) is 0 Å². The van der Waals surface area contributed by atoms with Crippen LogP contribution in [0.15, 0.2) is 21.7 Å². The third-order valence-corrected chi connectivity index (χ3v) is 6.15. The fraction of sp³-hybridized carbons (Fsp3) is 0.412. The number of fused-ring (bicyclic) bond motifs is 4. The molecule has 136 valence electrons. The van der Waals surface area contributed by atoms with Crippen molar-refractivity contribution in [2.75, 3.05) is 0 Å². The molecule has 1 fully saturated rings. The van der Waals surface area contributed by atoms with E-state index in [-0.39, 0.29) is 17.7 Å². The Morgan fingerprint density at radius 2 is 1.46 bits per heavy atom. The van der Waals surface area contributed by atoms with Crippen molar-refractivity contribution in [1.82, 2.24) is 13.9 Å². The van der Waals surface area contributed by atoms with Crippen molar-refractivity contribution in [3.05, 3.63) is 67.5 Å². The Kier molecular flexibility index (Phi) is 2.75. The molecule has 1 spiro atoms. The van der Waals surface area contributed by atoms with Gasteiger partial charge in [-0.1, -0.05) is 12.2 Å². The van der Waals surface area contributed by atoms with Gasteiger partial charge in [-0.15, -0.1) is 0 Å². The average molecular weight is 367 g/mol. The molecule has 0 radical (unpaired) electrons. The third kappa shape index (κ3) is 1.42. The van der Waals surface area contributed by atoms with E-state index >= 15 is 0 Å². The van der Waals surface area contributed by atoms with E-state index in [0.29, 0.717) is 12.8 Å². The van der Waals surface area contributed by atoms with Crippen LogP contribution in [0, 0.1) is 23.3 Å². The molecule has 1 saturated carbocycles. The van der Waals surface area contributed by atoms with Gasteiger partial charge in [0.1, 0.15) is 0 Å². The first-order valence-corrected chi connectivity index (χ1v) is 8.25. The summed E-state index contributed by atoms with van der Waals surface area (Å²) in [6.45, 7) is 0.139. The first-order chi connectivity index (χ1) is 12.3. The smallest absolute Gasteiger partial charge is 0.246 e. The zero-order valence-electron chi connectivity index (χ0n) is 13.6.